The third-order valence-electron chi connectivity index (χ3n) is 9.56. The van der Waals surface area contributed by atoms with Gasteiger partial charge in [-0.3, -0.25) is 0 Å². The van der Waals surface area contributed by atoms with Crippen LogP contribution >= 0.6 is 0 Å². The topological polar surface area (TPSA) is 0 Å². The molecule has 0 aliphatic heterocycles. The molecule has 8 aromatic rings. The molecule has 0 aliphatic rings. The summed E-state index contributed by atoms with van der Waals surface area (Å²) < 4.78 is 0. The number of benzene rings is 8. The monoisotopic (exact) mass is 662 g/mol. The molecule has 0 heteroatoms. The molecule has 0 saturated carbocycles. The Kier molecular flexibility index (Phi) is 9.62. The zero-order valence-electron chi connectivity index (χ0n) is 28.9. The van der Waals surface area contributed by atoms with Crippen LogP contribution in [0.15, 0.2) is 231 Å². The van der Waals surface area contributed by atoms with Crippen LogP contribution in [0.3, 0.4) is 0 Å². The maximum Gasteiger partial charge on any atom is -0.00206 e. The second-order valence-corrected chi connectivity index (χ2v) is 12.8. The molecule has 0 heterocycles. The van der Waals surface area contributed by atoms with Crippen LogP contribution in [0.1, 0.15) is 44.5 Å². The Labute approximate surface area is 307 Å². The number of rotatable bonds is 9. The first kappa shape index (κ1) is 32.4. The van der Waals surface area contributed by atoms with Crippen molar-refractivity contribution in [1.82, 2.24) is 0 Å². The van der Waals surface area contributed by atoms with Gasteiger partial charge in [-0.25, -0.2) is 0 Å². The molecule has 0 saturated heterocycles. The molecule has 0 N–H and O–H groups in total. The highest BCUT2D eigenvalue weighted by atomic mass is 14.3. The molecule has 0 radical (unpaired) electrons. The summed E-state index contributed by atoms with van der Waals surface area (Å²) in [6.45, 7) is 0. The van der Waals surface area contributed by atoms with Crippen molar-refractivity contribution >= 4 is 22.3 Å². The van der Waals surface area contributed by atoms with Gasteiger partial charge >= 0.3 is 0 Å². The summed E-state index contributed by atoms with van der Waals surface area (Å²) in [7, 11) is 0. The van der Waals surface area contributed by atoms with Crippen LogP contribution in [-0.4, -0.2) is 0 Å². The third kappa shape index (κ3) is 6.71. The molecule has 8 rings (SSSR count). The van der Waals surface area contributed by atoms with Crippen molar-refractivity contribution in [2.75, 3.05) is 0 Å². The van der Waals surface area contributed by atoms with Crippen LogP contribution in [-0.2, 0) is 0 Å². The number of hydrogen-bond donors (Lipinski definition) is 0. The fourth-order valence-corrected chi connectivity index (χ4v) is 7.28. The molecular formula is C52H38. The van der Waals surface area contributed by atoms with Crippen molar-refractivity contribution in [3.05, 3.63) is 275 Å². The van der Waals surface area contributed by atoms with Crippen molar-refractivity contribution in [3.63, 3.8) is 0 Å². The Hall–Kier alpha value is -6.76. The second kappa shape index (κ2) is 15.4. The molecular weight excluding hydrogens is 625 g/mol. The summed E-state index contributed by atoms with van der Waals surface area (Å²) in [6, 6.07) is 82.8. The van der Waals surface area contributed by atoms with Gasteiger partial charge in [-0.15, -0.1) is 0 Å². The Balaban J connectivity index is 1.48. The Morgan fingerprint density at radius 1 is 0.173 bits per heavy atom. The zero-order valence-corrected chi connectivity index (χ0v) is 28.9. The summed E-state index contributed by atoms with van der Waals surface area (Å²) in [5, 5.41) is 0. The lowest BCUT2D eigenvalue weighted by molar-refractivity contribution is 1.47. The van der Waals surface area contributed by atoms with Crippen LogP contribution in [0.25, 0.3) is 33.4 Å². The number of hydrogen-bond acceptors (Lipinski definition) is 0. The van der Waals surface area contributed by atoms with E-state index in [0.717, 1.165) is 0 Å². The first-order valence-corrected chi connectivity index (χ1v) is 17.9. The van der Waals surface area contributed by atoms with Crippen LogP contribution in [0, 0.1) is 0 Å². The molecule has 0 spiro atoms. The minimum Gasteiger partial charge on any atom is -0.0622 e. The lowest BCUT2D eigenvalue weighted by Crippen LogP contribution is -2.02. The summed E-state index contributed by atoms with van der Waals surface area (Å²) in [6.07, 6.45) is 0. The largest absolute Gasteiger partial charge is 0.0622 e. The van der Waals surface area contributed by atoms with Crippen molar-refractivity contribution in [3.8, 4) is 11.1 Å². The maximum atomic E-state index is 2.29. The van der Waals surface area contributed by atoms with E-state index in [9.17, 15) is 0 Å². The minimum absolute atomic E-state index is 1.17. The van der Waals surface area contributed by atoms with E-state index in [-0.39, 0.29) is 0 Å². The fourth-order valence-electron chi connectivity index (χ4n) is 7.28. The van der Waals surface area contributed by atoms with Gasteiger partial charge in [0, 0.05) is 0 Å². The average Bonchev–Trinajstić information content (AvgIpc) is 3.24. The SMILES string of the molecule is c1ccc(C(=C(c2ccccc2)c2ccccc2-c2ccccc2C(=C(c2ccccc2)c2ccccc2)c2ccccc2)c2ccccc2)cc1. The average molecular weight is 663 g/mol. The molecule has 0 bridgehead atoms. The van der Waals surface area contributed by atoms with Crippen molar-refractivity contribution in [2.24, 2.45) is 0 Å². The van der Waals surface area contributed by atoms with Gasteiger partial charge < -0.3 is 0 Å². The van der Waals surface area contributed by atoms with Crippen molar-refractivity contribution < 1.29 is 0 Å². The van der Waals surface area contributed by atoms with E-state index in [1.54, 1.807) is 0 Å². The van der Waals surface area contributed by atoms with Crippen molar-refractivity contribution in [1.29, 1.82) is 0 Å². The molecule has 8 aromatic carbocycles. The molecule has 0 unspecified atom stereocenters. The first-order valence-electron chi connectivity index (χ1n) is 17.9. The lowest BCUT2D eigenvalue weighted by Gasteiger charge is -2.23. The third-order valence-corrected chi connectivity index (χ3v) is 9.56. The summed E-state index contributed by atoms with van der Waals surface area (Å²) in [4.78, 5) is 0. The van der Waals surface area contributed by atoms with Gasteiger partial charge in [0.15, 0.2) is 0 Å². The second-order valence-electron chi connectivity index (χ2n) is 12.8. The fraction of sp³-hybridized carbons (Fsp3) is 0. The van der Waals surface area contributed by atoms with E-state index in [1.165, 1.54) is 77.9 Å². The Morgan fingerprint density at radius 3 is 0.615 bits per heavy atom. The molecule has 0 aromatic heterocycles. The van der Waals surface area contributed by atoms with Crippen LogP contribution in [0.2, 0.25) is 0 Å². The Morgan fingerprint density at radius 2 is 0.365 bits per heavy atom. The van der Waals surface area contributed by atoms with Gasteiger partial charge in [-0.05, 0) is 77.9 Å². The molecule has 0 fully saturated rings. The van der Waals surface area contributed by atoms with Gasteiger partial charge in [0.1, 0.15) is 0 Å². The van der Waals surface area contributed by atoms with Crippen molar-refractivity contribution in [2.45, 2.75) is 0 Å². The highest BCUT2D eigenvalue weighted by Gasteiger charge is 2.23. The maximum absolute atomic E-state index is 2.29. The van der Waals surface area contributed by atoms with Gasteiger partial charge in [-0.2, -0.15) is 0 Å². The highest BCUT2D eigenvalue weighted by Crippen LogP contribution is 2.45. The van der Waals surface area contributed by atoms with Crippen LogP contribution in [0.4, 0.5) is 0 Å². The lowest BCUT2D eigenvalue weighted by atomic mass is 9.79. The summed E-state index contributed by atoms with van der Waals surface area (Å²) in [5.41, 5.74) is 16.5. The molecule has 0 aliphatic carbocycles. The standard InChI is InChI=1S/C52H38/c1-7-23-39(24-8-1)49(40-25-9-2-10-26-40)51(43-31-15-5-16-32-43)47-37-21-19-35-45(47)46-36-20-22-38-48(46)52(44-33-17-6-18-34-44)50(41-27-11-3-12-28-41)42-29-13-4-14-30-42/h1-38H. The van der Waals surface area contributed by atoms with Gasteiger partial charge in [0.05, 0.1) is 0 Å². The predicted molar refractivity (Wildman–Crippen MR) is 221 cm³/mol. The molecule has 0 amide bonds. The zero-order chi connectivity index (χ0) is 35.0. The molecule has 0 nitrogen and oxygen atoms in total. The predicted octanol–water partition coefficient (Wildman–Crippen LogP) is 13.4. The van der Waals surface area contributed by atoms with E-state index in [2.05, 4.69) is 231 Å². The van der Waals surface area contributed by atoms with E-state index >= 15 is 0 Å². The smallest absolute Gasteiger partial charge is 0.00206 e. The van der Waals surface area contributed by atoms with Crippen LogP contribution in [0.5, 0.6) is 0 Å². The van der Waals surface area contributed by atoms with E-state index < -0.39 is 0 Å². The minimum atomic E-state index is 1.17. The summed E-state index contributed by atoms with van der Waals surface area (Å²) >= 11 is 0. The Bertz CT molecular complexity index is 2180. The highest BCUT2D eigenvalue weighted by molar-refractivity contribution is 6.10. The van der Waals surface area contributed by atoms with Crippen LogP contribution < -0.4 is 0 Å². The quantitative estimate of drug-likeness (QED) is 0.135. The normalized spacial score (nSPS) is 10.7. The molecule has 0 atom stereocenters. The molecule has 52 heavy (non-hydrogen) atoms. The molecule has 246 valence electrons. The van der Waals surface area contributed by atoms with E-state index in [4.69, 9.17) is 0 Å². The van der Waals surface area contributed by atoms with E-state index in [1.807, 2.05) is 0 Å². The van der Waals surface area contributed by atoms with Gasteiger partial charge in [0.2, 0.25) is 0 Å². The van der Waals surface area contributed by atoms with Gasteiger partial charge in [0.25, 0.3) is 0 Å². The first-order chi connectivity index (χ1) is 25.9. The van der Waals surface area contributed by atoms with E-state index in [0.29, 0.717) is 0 Å². The summed E-state index contributed by atoms with van der Waals surface area (Å²) in [5.74, 6) is 0. The van der Waals surface area contributed by atoms with Gasteiger partial charge in [-0.1, -0.05) is 231 Å².